The van der Waals surface area contributed by atoms with Crippen LogP contribution in [0.4, 0.5) is 0 Å². The van der Waals surface area contributed by atoms with Crippen molar-refractivity contribution in [3.63, 3.8) is 0 Å². The summed E-state index contributed by atoms with van der Waals surface area (Å²) in [6, 6.07) is 60.6. The molecule has 0 spiro atoms. The van der Waals surface area contributed by atoms with Gasteiger partial charge in [-0.2, -0.15) is 0 Å². The fourth-order valence-corrected chi connectivity index (χ4v) is 8.77. The summed E-state index contributed by atoms with van der Waals surface area (Å²) in [5.74, 6) is 0.185. The van der Waals surface area contributed by atoms with Gasteiger partial charge in [0.25, 0.3) is 0 Å². The van der Waals surface area contributed by atoms with Gasteiger partial charge in [-0.1, -0.05) is 156 Å². The molecule has 5 nitrogen and oxygen atoms in total. The molecule has 1 N–H and O–H groups in total. The summed E-state index contributed by atoms with van der Waals surface area (Å²) in [6.07, 6.45) is 5.64. The number of rotatable bonds is 7. The van der Waals surface area contributed by atoms with Crippen molar-refractivity contribution in [1.82, 2.24) is 19.5 Å². The molecule has 322 valence electrons. The molecule has 0 unspecified atom stereocenters. The fourth-order valence-electron chi connectivity index (χ4n) is 8.77. The third kappa shape index (κ3) is 8.33. The predicted octanol–water partition coefficient (Wildman–Crippen LogP) is 15.1. The maximum atomic E-state index is 11.1. The van der Waals surface area contributed by atoms with E-state index in [1.165, 1.54) is 21.9 Å². The number of phenols is 1. The zero-order valence-electron chi connectivity index (χ0n) is 37.4. The van der Waals surface area contributed by atoms with Crippen LogP contribution in [0.25, 0.3) is 94.6 Å². The molecule has 0 aliphatic carbocycles. The zero-order valence-corrected chi connectivity index (χ0v) is 39.6. The van der Waals surface area contributed by atoms with Gasteiger partial charge in [0, 0.05) is 84.1 Å². The molecule has 0 fully saturated rings. The Balaban J connectivity index is 0.00000533. The largest absolute Gasteiger partial charge is 0.507 e. The van der Waals surface area contributed by atoms with Crippen LogP contribution in [-0.2, 0) is 31.9 Å². The standard InChI is InChI=1S/C59H49N4O.Pt/c1-58(2,3)44-31-42(32-45(36-44)59(4,5)6)43-34-52(62-53(35-43)50-21-9-12-26-56(50)64)40-17-13-16-39(30-40)51-33-38(27-29-61-51)47-22-14-23-49-48-20-8-11-25-55(48)63(57(47)49)54-24-10-7-19-46(54)41-18-15-28-60-37-41;/h7-29,31-37,64H,1-6H3;/q-1;. The van der Waals surface area contributed by atoms with Crippen molar-refractivity contribution in [3.05, 3.63) is 200 Å². The zero-order chi connectivity index (χ0) is 44.2. The van der Waals surface area contributed by atoms with Crippen molar-refractivity contribution in [2.45, 2.75) is 52.4 Å². The van der Waals surface area contributed by atoms with E-state index in [-0.39, 0.29) is 37.6 Å². The van der Waals surface area contributed by atoms with Crippen molar-refractivity contribution >= 4 is 21.8 Å². The molecule has 6 aromatic carbocycles. The van der Waals surface area contributed by atoms with Gasteiger partial charge in [0.15, 0.2) is 0 Å². The Bertz CT molecular complexity index is 3340. The summed E-state index contributed by atoms with van der Waals surface area (Å²) in [4.78, 5) is 14.6. The molecule has 4 heterocycles. The molecule has 0 aliphatic rings. The topological polar surface area (TPSA) is 63.8 Å². The van der Waals surface area contributed by atoms with Gasteiger partial charge in [-0.15, -0.1) is 24.3 Å². The van der Waals surface area contributed by atoms with E-state index >= 15 is 0 Å². The first-order valence-corrected chi connectivity index (χ1v) is 21.9. The quantitative estimate of drug-likeness (QED) is 0.162. The number of nitrogens with zero attached hydrogens (tertiary/aromatic N) is 4. The Kier molecular flexibility index (Phi) is 11.5. The Hall–Kier alpha value is -6.94. The molecular formula is C59H49N4OPt-. The summed E-state index contributed by atoms with van der Waals surface area (Å²) >= 11 is 0. The van der Waals surface area contributed by atoms with E-state index < -0.39 is 0 Å². The van der Waals surface area contributed by atoms with Crippen LogP contribution in [0, 0.1) is 6.07 Å². The first-order chi connectivity index (χ1) is 30.9. The van der Waals surface area contributed by atoms with E-state index in [9.17, 15) is 5.11 Å². The second kappa shape index (κ2) is 17.2. The Morgan fingerprint density at radius 3 is 1.85 bits per heavy atom. The number of hydrogen-bond donors (Lipinski definition) is 1. The SMILES string of the molecule is CC(C)(C)c1cc(-c2cc(-c3[c-]c(-c4cc(-c5cccc6c7ccccc7n(-c7ccccc7-c7cccnc7)c56)ccn4)ccc3)nc(-c3ccccc3O)c2)cc(C(C)(C)C)c1.[Pt]. The van der Waals surface area contributed by atoms with Crippen LogP contribution in [0.2, 0.25) is 0 Å². The van der Waals surface area contributed by atoms with Crippen LogP contribution in [0.15, 0.2) is 182 Å². The van der Waals surface area contributed by atoms with Crippen LogP contribution in [-0.4, -0.2) is 24.6 Å². The molecule has 0 aliphatic heterocycles. The Labute approximate surface area is 395 Å². The van der Waals surface area contributed by atoms with Crippen molar-refractivity contribution in [3.8, 4) is 78.6 Å². The number of phenolic OH excluding ortho intramolecular Hbond substituents is 1. The summed E-state index contributed by atoms with van der Waals surface area (Å²) in [5.41, 5.74) is 16.8. The number of benzene rings is 6. The monoisotopic (exact) mass is 1020 g/mol. The molecule has 10 rings (SSSR count). The predicted molar refractivity (Wildman–Crippen MR) is 265 cm³/mol. The average Bonchev–Trinajstić information content (AvgIpc) is 3.66. The van der Waals surface area contributed by atoms with E-state index in [2.05, 4.69) is 191 Å². The summed E-state index contributed by atoms with van der Waals surface area (Å²) in [6.45, 7) is 13.6. The fraction of sp³-hybridized carbons (Fsp3) is 0.136. The van der Waals surface area contributed by atoms with Crippen LogP contribution >= 0.6 is 0 Å². The number of aromatic hydroxyl groups is 1. The molecular weight excluding hydrogens is 976 g/mol. The molecule has 0 bridgehead atoms. The van der Waals surface area contributed by atoms with Gasteiger partial charge in [0.1, 0.15) is 5.75 Å². The molecule has 65 heavy (non-hydrogen) atoms. The minimum Gasteiger partial charge on any atom is -0.507 e. The van der Waals surface area contributed by atoms with Crippen LogP contribution in [0.5, 0.6) is 5.75 Å². The van der Waals surface area contributed by atoms with Gasteiger partial charge in [0.05, 0.1) is 22.4 Å². The maximum absolute atomic E-state index is 11.1. The number of fused-ring (bicyclic) bond motifs is 3. The number of para-hydroxylation sites is 4. The van der Waals surface area contributed by atoms with E-state index in [0.717, 1.165) is 72.6 Å². The number of pyridine rings is 3. The van der Waals surface area contributed by atoms with E-state index in [0.29, 0.717) is 11.3 Å². The Morgan fingerprint density at radius 2 is 1.11 bits per heavy atom. The van der Waals surface area contributed by atoms with Crippen LogP contribution < -0.4 is 0 Å². The van der Waals surface area contributed by atoms with Gasteiger partial charge in [-0.05, 0) is 81.1 Å². The molecule has 4 aromatic heterocycles. The first kappa shape index (κ1) is 43.3. The van der Waals surface area contributed by atoms with Crippen LogP contribution in [0.3, 0.4) is 0 Å². The second-order valence-electron chi connectivity index (χ2n) is 18.7. The summed E-state index contributed by atoms with van der Waals surface area (Å²) in [7, 11) is 0. The van der Waals surface area contributed by atoms with E-state index in [4.69, 9.17) is 9.97 Å². The molecule has 10 aromatic rings. The average molecular weight is 1030 g/mol. The normalized spacial score (nSPS) is 11.8. The minimum atomic E-state index is -0.0531. The van der Waals surface area contributed by atoms with Crippen molar-refractivity contribution in [1.29, 1.82) is 0 Å². The smallest absolute Gasteiger partial charge is 0.124 e. The molecule has 0 amide bonds. The summed E-state index contributed by atoms with van der Waals surface area (Å²) in [5, 5.41) is 13.5. The van der Waals surface area contributed by atoms with E-state index in [1.54, 1.807) is 6.07 Å². The minimum absolute atomic E-state index is 0. The van der Waals surface area contributed by atoms with Gasteiger partial charge in [0.2, 0.25) is 0 Å². The second-order valence-corrected chi connectivity index (χ2v) is 18.7. The molecule has 0 saturated carbocycles. The van der Waals surface area contributed by atoms with Crippen LogP contribution in [0.1, 0.15) is 52.7 Å². The van der Waals surface area contributed by atoms with Gasteiger partial charge < -0.3 is 9.67 Å². The molecule has 6 heteroatoms. The van der Waals surface area contributed by atoms with Gasteiger partial charge in [-0.3, -0.25) is 15.0 Å². The van der Waals surface area contributed by atoms with Crippen molar-refractivity contribution < 1.29 is 26.2 Å². The molecule has 0 radical (unpaired) electrons. The molecule has 0 saturated heterocycles. The number of aromatic nitrogens is 4. The first-order valence-electron chi connectivity index (χ1n) is 21.9. The third-order valence-electron chi connectivity index (χ3n) is 12.2. The third-order valence-corrected chi connectivity index (χ3v) is 12.2. The van der Waals surface area contributed by atoms with Crippen molar-refractivity contribution in [2.75, 3.05) is 0 Å². The summed E-state index contributed by atoms with van der Waals surface area (Å²) < 4.78 is 2.40. The van der Waals surface area contributed by atoms with Gasteiger partial charge >= 0.3 is 0 Å². The molecule has 0 atom stereocenters. The number of hydrogen-bond acceptors (Lipinski definition) is 4. The Morgan fingerprint density at radius 1 is 0.492 bits per heavy atom. The van der Waals surface area contributed by atoms with Crippen molar-refractivity contribution in [2.24, 2.45) is 0 Å². The van der Waals surface area contributed by atoms with E-state index in [1.807, 2.05) is 42.9 Å². The van der Waals surface area contributed by atoms with Gasteiger partial charge in [-0.25, -0.2) is 0 Å². The maximum Gasteiger partial charge on any atom is 0.124 e.